The molecule has 1 aliphatic heterocycles. The standard InChI is InChI=1S/C17H23N5O2/c1-15-18-14-17(22(23)24)21(15)9-5-8-19-10-12-20(13-11-19)16-6-3-2-4-7-16/h2-4,6-7,14H,5,8-13H2,1H3. The van der Waals surface area contributed by atoms with E-state index in [1.54, 1.807) is 4.57 Å². The van der Waals surface area contributed by atoms with Gasteiger partial charge in [0.15, 0.2) is 5.82 Å². The smallest absolute Gasteiger partial charge is 0.342 e. The third kappa shape index (κ3) is 3.73. The maximum Gasteiger partial charge on any atom is 0.342 e. The Morgan fingerprint density at radius 1 is 1.12 bits per heavy atom. The van der Waals surface area contributed by atoms with Gasteiger partial charge in [0.25, 0.3) is 0 Å². The lowest BCUT2D eigenvalue weighted by molar-refractivity contribution is -0.392. The van der Waals surface area contributed by atoms with E-state index in [1.807, 2.05) is 13.0 Å². The molecule has 7 nitrogen and oxygen atoms in total. The maximum atomic E-state index is 11.0. The van der Waals surface area contributed by atoms with Crippen molar-refractivity contribution in [2.24, 2.45) is 0 Å². The van der Waals surface area contributed by atoms with Crippen molar-refractivity contribution in [2.45, 2.75) is 19.9 Å². The quantitative estimate of drug-likeness (QED) is 0.601. The fraction of sp³-hybridized carbons (Fsp3) is 0.471. The van der Waals surface area contributed by atoms with Gasteiger partial charge < -0.3 is 15.0 Å². The van der Waals surface area contributed by atoms with E-state index >= 15 is 0 Å². The normalized spacial score (nSPS) is 15.6. The number of hydrogen-bond donors (Lipinski definition) is 0. The molecule has 1 aliphatic rings. The first-order chi connectivity index (χ1) is 11.6. The van der Waals surface area contributed by atoms with Crippen molar-refractivity contribution in [3.05, 3.63) is 52.5 Å². The van der Waals surface area contributed by atoms with Crippen LogP contribution in [0.4, 0.5) is 11.5 Å². The van der Waals surface area contributed by atoms with Crippen molar-refractivity contribution in [1.29, 1.82) is 0 Å². The highest BCUT2D eigenvalue weighted by Gasteiger charge is 2.19. The fourth-order valence-electron chi connectivity index (χ4n) is 3.20. The topological polar surface area (TPSA) is 67.4 Å². The van der Waals surface area contributed by atoms with Crippen LogP contribution in [0.25, 0.3) is 0 Å². The Kier molecular flexibility index (Phi) is 5.10. The summed E-state index contributed by atoms with van der Waals surface area (Å²) >= 11 is 0. The van der Waals surface area contributed by atoms with Gasteiger partial charge in [-0.1, -0.05) is 18.2 Å². The third-order valence-electron chi connectivity index (χ3n) is 4.57. The SMILES string of the molecule is Cc1ncc([N+](=O)[O-])n1CCCN1CCN(c2ccccc2)CC1. The maximum absolute atomic E-state index is 11.0. The molecule has 1 aromatic carbocycles. The molecule has 0 unspecified atom stereocenters. The fourth-order valence-corrected chi connectivity index (χ4v) is 3.20. The van der Waals surface area contributed by atoms with E-state index in [0.717, 1.165) is 39.1 Å². The number of para-hydroxylation sites is 1. The highest BCUT2D eigenvalue weighted by atomic mass is 16.6. The minimum Gasteiger partial charge on any atom is -0.369 e. The van der Waals surface area contributed by atoms with Crippen LogP contribution in [0.15, 0.2) is 36.5 Å². The molecule has 0 atom stereocenters. The predicted molar refractivity (Wildman–Crippen MR) is 93.3 cm³/mol. The van der Waals surface area contributed by atoms with Crippen LogP contribution >= 0.6 is 0 Å². The van der Waals surface area contributed by atoms with Crippen LogP contribution in [0, 0.1) is 17.0 Å². The summed E-state index contributed by atoms with van der Waals surface area (Å²) in [4.78, 5) is 19.5. The number of nitro groups is 1. The van der Waals surface area contributed by atoms with Gasteiger partial charge in [-0.05, 0) is 23.5 Å². The van der Waals surface area contributed by atoms with Crippen LogP contribution < -0.4 is 4.90 Å². The average Bonchev–Trinajstić information content (AvgIpc) is 2.97. The molecule has 1 fully saturated rings. The second kappa shape index (κ2) is 7.44. The van der Waals surface area contributed by atoms with Gasteiger partial charge in [0.05, 0.1) is 6.54 Å². The number of aryl methyl sites for hydroxylation is 1. The minimum absolute atomic E-state index is 0.0846. The number of nitrogens with zero attached hydrogens (tertiary/aromatic N) is 5. The molecule has 0 saturated carbocycles. The lowest BCUT2D eigenvalue weighted by atomic mass is 10.2. The molecule has 1 aromatic heterocycles. The summed E-state index contributed by atoms with van der Waals surface area (Å²) in [6, 6.07) is 10.5. The van der Waals surface area contributed by atoms with E-state index in [9.17, 15) is 10.1 Å². The zero-order valence-electron chi connectivity index (χ0n) is 14.0. The zero-order valence-corrected chi connectivity index (χ0v) is 14.0. The monoisotopic (exact) mass is 329 g/mol. The molecular formula is C17H23N5O2. The largest absolute Gasteiger partial charge is 0.369 e. The number of rotatable bonds is 6. The molecule has 2 heterocycles. The number of aromatic nitrogens is 2. The summed E-state index contributed by atoms with van der Waals surface area (Å²) in [7, 11) is 0. The number of benzene rings is 1. The van der Waals surface area contributed by atoms with Gasteiger partial charge in [-0.15, -0.1) is 0 Å². The van der Waals surface area contributed by atoms with Gasteiger partial charge in [0.1, 0.15) is 6.20 Å². The molecule has 2 aromatic rings. The average molecular weight is 329 g/mol. The van der Waals surface area contributed by atoms with E-state index < -0.39 is 0 Å². The summed E-state index contributed by atoms with van der Waals surface area (Å²) in [6.45, 7) is 7.51. The van der Waals surface area contributed by atoms with Gasteiger partial charge >= 0.3 is 5.82 Å². The molecule has 0 N–H and O–H groups in total. The van der Waals surface area contributed by atoms with Crippen molar-refractivity contribution in [3.8, 4) is 0 Å². The van der Waals surface area contributed by atoms with Crippen molar-refractivity contribution < 1.29 is 4.92 Å². The molecule has 0 aliphatic carbocycles. The molecule has 128 valence electrons. The molecule has 0 spiro atoms. The second-order valence-electron chi connectivity index (χ2n) is 6.09. The first-order valence-electron chi connectivity index (χ1n) is 8.34. The highest BCUT2D eigenvalue weighted by Crippen LogP contribution is 2.17. The Hall–Kier alpha value is -2.41. The number of piperazine rings is 1. The predicted octanol–water partition coefficient (Wildman–Crippen LogP) is 2.31. The summed E-state index contributed by atoms with van der Waals surface area (Å²) in [5.74, 6) is 0.789. The third-order valence-corrected chi connectivity index (χ3v) is 4.57. The first kappa shape index (κ1) is 16.4. The van der Waals surface area contributed by atoms with Gasteiger partial charge in [-0.2, -0.15) is 0 Å². The first-order valence-corrected chi connectivity index (χ1v) is 8.34. The van der Waals surface area contributed by atoms with Crippen LogP contribution in [-0.4, -0.2) is 52.1 Å². The lowest BCUT2D eigenvalue weighted by Crippen LogP contribution is -2.46. The number of hydrogen-bond acceptors (Lipinski definition) is 5. The van der Waals surface area contributed by atoms with E-state index in [1.165, 1.54) is 11.9 Å². The Morgan fingerprint density at radius 3 is 2.50 bits per heavy atom. The molecule has 1 saturated heterocycles. The molecule has 0 radical (unpaired) electrons. The van der Waals surface area contributed by atoms with Crippen LogP contribution in [0.5, 0.6) is 0 Å². The summed E-state index contributed by atoms with van der Waals surface area (Å²) in [6.07, 6.45) is 2.23. The summed E-state index contributed by atoms with van der Waals surface area (Å²) in [5, 5.41) is 11.0. The minimum atomic E-state index is -0.362. The zero-order chi connectivity index (χ0) is 16.9. The Bertz CT molecular complexity index is 678. The highest BCUT2D eigenvalue weighted by molar-refractivity contribution is 5.46. The second-order valence-corrected chi connectivity index (χ2v) is 6.09. The van der Waals surface area contributed by atoms with Gasteiger partial charge in [-0.3, -0.25) is 4.90 Å². The number of anilines is 1. The van der Waals surface area contributed by atoms with Crippen molar-refractivity contribution in [3.63, 3.8) is 0 Å². The summed E-state index contributed by atoms with van der Waals surface area (Å²) < 4.78 is 1.69. The van der Waals surface area contributed by atoms with Crippen LogP contribution in [0.1, 0.15) is 12.2 Å². The molecular weight excluding hydrogens is 306 g/mol. The Balaban J connectivity index is 1.46. The van der Waals surface area contributed by atoms with Gasteiger partial charge in [0.2, 0.25) is 0 Å². The van der Waals surface area contributed by atoms with Gasteiger partial charge in [-0.25, -0.2) is 9.55 Å². The van der Waals surface area contributed by atoms with Crippen molar-refractivity contribution in [1.82, 2.24) is 14.5 Å². The molecule has 7 heteroatoms. The van der Waals surface area contributed by atoms with Gasteiger partial charge in [0, 0.05) is 45.3 Å². The van der Waals surface area contributed by atoms with Crippen LogP contribution in [-0.2, 0) is 6.54 Å². The van der Waals surface area contributed by atoms with Crippen molar-refractivity contribution in [2.75, 3.05) is 37.6 Å². The Labute approximate surface area is 141 Å². The van der Waals surface area contributed by atoms with Crippen LogP contribution in [0.2, 0.25) is 0 Å². The molecule has 0 amide bonds. The van der Waals surface area contributed by atoms with E-state index in [0.29, 0.717) is 12.4 Å². The number of imidazole rings is 1. The van der Waals surface area contributed by atoms with E-state index in [-0.39, 0.29) is 10.7 Å². The Morgan fingerprint density at radius 2 is 1.83 bits per heavy atom. The van der Waals surface area contributed by atoms with E-state index in [2.05, 4.69) is 39.0 Å². The van der Waals surface area contributed by atoms with Crippen molar-refractivity contribution >= 4 is 11.5 Å². The molecule has 3 rings (SSSR count). The lowest BCUT2D eigenvalue weighted by Gasteiger charge is -2.36. The molecule has 0 bridgehead atoms. The summed E-state index contributed by atoms with van der Waals surface area (Å²) in [5.41, 5.74) is 1.28. The van der Waals surface area contributed by atoms with Crippen LogP contribution in [0.3, 0.4) is 0 Å². The van der Waals surface area contributed by atoms with E-state index in [4.69, 9.17) is 0 Å². The molecule has 24 heavy (non-hydrogen) atoms.